The summed E-state index contributed by atoms with van der Waals surface area (Å²) < 4.78 is 15.1. The van der Waals surface area contributed by atoms with Crippen LogP contribution >= 0.6 is 11.8 Å². The molecule has 0 saturated carbocycles. The van der Waals surface area contributed by atoms with Gasteiger partial charge in [-0.3, -0.25) is 4.79 Å². The van der Waals surface area contributed by atoms with E-state index < -0.39 is 5.60 Å². The lowest BCUT2D eigenvalue weighted by molar-refractivity contribution is -0.140. The fourth-order valence-corrected chi connectivity index (χ4v) is 4.00. The average Bonchev–Trinajstić information content (AvgIpc) is 2.83. The number of halogens is 1. The van der Waals surface area contributed by atoms with Crippen LogP contribution in [0.25, 0.3) is 11.0 Å². The van der Waals surface area contributed by atoms with Crippen molar-refractivity contribution < 1.29 is 14.3 Å². The molecule has 0 unspecified atom stereocenters. The maximum Gasteiger partial charge on any atom is 0.252 e. The molecule has 0 atom stereocenters. The molecule has 124 valence electrons. The summed E-state index contributed by atoms with van der Waals surface area (Å²) in [4.78, 5) is 16.6. The fourth-order valence-electron chi connectivity index (χ4n) is 2.83. The molecule has 1 aromatic heterocycles. The Morgan fingerprint density at radius 3 is 2.96 bits per heavy atom. The summed E-state index contributed by atoms with van der Waals surface area (Å²) in [6.07, 6.45) is 1.52. The van der Waals surface area contributed by atoms with Crippen LogP contribution in [0.3, 0.4) is 0 Å². The summed E-state index contributed by atoms with van der Waals surface area (Å²) in [5, 5.41) is 13.1. The van der Waals surface area contributed by atoms with E-state index in [-0.39, 0.29) is 11.7 Å². The van der Waals surface area contributed by atoms with Crippen molar-refractivity contribution in [2.75, 3.05) is 18.1 Å². The van der Waals surface area contributed by atoms with Crippen LogP contribution in [0.4, 0.5) is 4.39 Å². The molecule has 2 aromatic rings. The van der Waals surface area contributed by atoms with E-state index >= 15 is 0 Å². The van der Waals surface area contributed by atoms with Gasteiger partial charge in [-0.2, -0.15) is 11.8 Å². The topological polar surface area (TPSA) is 67.2 Å². The lowest BCUT2D eigenvalue weighted by Gasteiger charge is -2.30. The van der Waals surface area contributed by atoms with Gasteiger partial charge < -0.3 is 15.0 Å². The Labute approximate surface area is 138 Å². The minimum atomic E-state index is -1.24. The van der Waals surface area contributed by atoms with E-state index in [1.165, 1.54) is 12.1 Å². The van der Waals surface area contributed by atoms with Crippen LogP contribution in [0, 0.1) is 5.82 Å². The van der Waals surface area contributed by atoms with Gasteiger partial charge in [-0.25, -0.2) is 9.37 Å². The number of hydrogen-bond acceptors (Lipinski definition) is 4. The van der Waals surface area contributed by atoms with Crippen molar-refractivity contribution in [1.29, 1.82) is 0 Å². The molecule has 23 heavy (non-hydrogen) atoms. The molecule has 0 radical (unpaired) electrons. The number of rotatable bonds is 4. The third-order valence-corrected chi connectivity index (χ3v) is 5.30. The summed E-state index contributed by atoms with van der Waals surface area (Å²) in [5.41, 5.74) is 0.230. The second kappa shape index (κ2) is 6.49. The third-order valence-electron chi connectivity index (χ3n) is 4.31. The molecule has 0 aliphatic carbocycles. The number of aliphatic hydroxyl groups is 1. The van der Waals surface area contributed by atoms with Crippen LogP contribution in [0.15, 0.2) is 18.2 Å². The molecule has 1 saturated heterocycles. The van der Waals surface area contributed by atoms with Crippen molar-refractivity contribution in [3.05, 3.63) is 29.8 Å². The molecule has 2 heterocycles. The summed E-state index contributed by atoms with van der Waals surface area (Å²) in [7, 11) is 1.87. The van der Waals surface area contributed by atoms with Gasteiger partial charge in [-0.15, -0.1) is 0 Å². The quantitative estimate of drug-likeness (QED) is 0.890. The summed E-state index contributed by atoms with van der Waals surface area (Å²) in [6, 6.07) is 4.51. The first-order chi connectivity index (χ1) is 11.0. The second-order valence-electron chi connectivity index (χ2n) is 5.87. The minimum absolute atomic E-state index is 0.303. The Hall–Kier alpha value is -1.60. The van der Waals surface area contributed by atoms with Crippen molar-refractivity contribution in [2.24, 2.45) is 7.05 Å². The first kappa shape index (κ1) is 16.3. The maximum atomic E-state index is 13.2. The van der Waals surface area contributed by atoms with E-state index in [1.54, 1.807) is 17.8 Å². The number of fused-ring (bicyclic) bond motifs is 1. The number of hydrogen-bond donors (Lipinski definition) is 2. The number of amides is 1. The molecule has 1 aromatic carbocycles. The summed E-state index contributed by atoms with van der Waals surface area (Å²) in [6.45, 7) is 0.397. The van der Waals surface area contributed by atoms with E-state index in [2.05, 4.69) is 10.3 Å². The zero-order valence-electron chi connectivity index (χ0n) is 13.0. The zero-order chi connectivity index (χ0) is 16.4. The molecular weight excluding hydrogens is 317 g/mol. The summed E-state index contributed by atoms with van der Waals surface area (Å²) in [5.74, 6) is 1.77. The first-order valence-electron chi connectivity index (χ1n) is 7.69. The normalized spacial score (nSPS) is 17.3. The average molecular weight is 337 g/mol. The van der Waals surface area contributed by atoms with E-state index in [0.29, 0.717) is 31.3 Å². The number of nitrogens with zero attached hydrogens (tertiary/aromatic N) is 2. The molecule has 0 bridgehead atoms. The van der Waals surface area contributed by atoms with Gasteiger partial charge >= 0.3 is 0 Å². The van der Waals surface area contributed by atoms with Crippen molar-refractivity contribution in [1.82, 2.24) is 14.9 Å². The van der Waals surface area contributed by atoms with Crippen molar-refractivity contribution in [3.8, 4) is 0 Å². The van der Waals surface area contributed by atoms with Gasteiger partial charge in [0.05, 0.1) is 11.0 Å². The monoisotopic (exact) mass is 337 g/mol. The Morgan fingerprint density at radius 1 is 1.48 bits per heavy atom. The number of imidazole rings is 1. The predicted octanol–water partition coefficient (Wildman–Crippen LogP) is 1.63. The van der Waals surface area contributed by atoms with Crippen LogP contribution in [-0.2, 0) is 18.3 Å². The van der Waals surface area contributed by atoms with Crippen LogP contribution in [0.2, 0.25) is 0 Å². The highest BCUT2D eigenvalue weighted by atomic mass is 32.2. The number of aryl methyl sites for hydroxylation is 1. The highest BCUT2D eigenvalue weighted by Crippen LogP contribution is 2.27. The SMILES string of the molecule is Cn1c(CCNC(=O)C2(O)CCSCC2)nc2cc(F)ccc21. The summed E-state index contributed by atoms with van der Waals surface area (Å²) >= 11 is 1.76. The van der Waals surface area contributed by atoms with Crippen LogP contribution in [-0.4, -0.2) is 44.2 Å². The molecule has 5 nitrogen and oxygen atoms in total. The number of aromatic nitrogens is 2. The molecule has 1 fully saturated rings. The van der Waals surface area contributed by atoms with Crippen LogP contribution < -0.4 is 5.32 Å². The Morgan fingerprint density at radius 2 is 2.22 bits per heavy atom. The molecule has 3 rings (SSSR count). The minimum Gasteiger partial charge on any atom is -0.380 e. The molecular formula is C16H20FN3O2S. The number of thioether (sulfide) groups is 1. The molecule has 1 aliphatic rings. The highest BCUT2D eigenvalue weighted by molar-refractivity contribution is 7.99. The van der Waals surface area contributed by atoms with Crippen LogP contribution in [0.5, 0.6) is 0 Å². The standard InChI is InChI=1S/C16H20FN3O2S/c1-20-13-3-2-11(17)10-12(13)19-14(20)4-7-18-15(21)16(22)5-8-23-9-6-16/h2-3,10,22H,4-9H2,1H3,(H,18,21). The van der Waals surface area contributed by atoms with Gasteiger partial charge in [0, 0.05) is 26.1 Å². The highest BCUT2D eigenvalue weighted by Gasteiger charge is 2.37. The lowest BCUT2D eigenvalue weighted by atomic mass is 9.96. The van der Waals surface area contributed by atoms with Gasteiger partial charge in [-0.1, -0.05) is 0 Å². The smallest absolute Gasteiger partial charge is 0.252 e. The molecule has 7 heteroatoms. The molecule has 0 spiro atoms. The predicted molar refractivity (Wildman–Crippen MR) is 88.9 cm³/mol. The fraction of sp³-hybridized carbons (Fsp3) is 0.500. The van der Waals surface area contributed by atoms with Gasteiger partial charge in [0.25, 0.3) is 5.91 Å². The Balaban J connectivity index is 1.62. The molecule has 1 amide bonds. The van der Waals surface area contributed by atoms with Gasteiger partial charge in [0.15, 0.2) is 0 Å². The number of carbonyl (C=O) groups is 1. The number of carbonyl (C=O) groups excluding carboxylic acids is 1. The van der Waals surface area contributed by atoms with Crippen LogP contribution in [0.1, 0.15) is 18.7 Å². The number of nitrogens with one attached hydrogen (secondary N) is 1. The third kappa shape index (κ3) is 3.35. The Kier molecular flexibility index (Phi) is 4.59. The number of benzene rings is 1. The van der Waals surface area contributed by atoms with E-state index in [4.69, 9.17) is 0 Å². The van der Waals surface area contributed by atoms with E-state index in [1.807, 2.05) is 11.6 Å². The second-order valence-corrected chi connectivity index (χ2v) is 7.09. The molecule has 2 N–H and O–H groups in total. The van der Waals surface area contributed by atoms with Gasteiger partial charge in [0.2, 0.25) is 0 Å². The van der Waals surface area contributed by atoms with Crippen molar-refractivity contribution in [2.45, 2.75) is 24.9 Å². The van der Waals surface area contributed by atoms with Crippen molar-refractivity contribution in [3.63, 3.8) is 0 Å². The Bertz CT molecular complexity index is 725. The molecule has 1 aliphatic heterocycles. The van der Waals surface area contributed by atoms with E-state index in [9.17, 15) is 14.3 Å². The first-order valence-corrected chi connectivity index (χ1v) is 8.84. The van der Waals surface area contributed by atoms with Gasteiger partial charge in [0.1, 0.15) is 17.2 Å². The van der Waals surface area contributed by atoms with Gasteiger partial charge in [-0.05, 0) is 36.5 Å². The van der Waals surface area contributed by atoms with E-state index in [0.717, 1.165) is 22.8 Å². The maximum absolute atomic E-state index is 13.2. The lowest BCUT2D eigenvalue weighted by Crippen LogP contribution is -2.49. The zero-order valence-corrected chi connectivity index (χ0v) is 13.8. The van der Waals surface area contributed by atoms with Crippen molar-refractivity contribution >= 4 is 28.7 Å². The largest absolute Gasteiger partial charge is 0.380 e.